The zero-order chi connectivity index (χ0) is 34.2. The number of aliphatic hydroxyl groups is 2. The largest absolute Gasteiger partial charge is 0.453 e. The van der Waals surface area contributed by atoms with Crippen molar-refractivity contribution in [2.24, 2.45) is 11.8 Å². The van der Waals surface area contributed by atoms with Crippen LogP contribution in [0.25, 0.3) is 0 Å². The number of methoxy groups -OCH3 is 1. The van der Waals surface area contributed by atoms with Crippen molar-refractivity contribution in [1.29, 1.82) is 0 Å². The molecule has 0 aliphatic rings. The summed E-state index contributed by atoms with van der Waals surface area (Å²) >= 11 is 1.64. The summed E-state index contributed by atoms with van der Waals surface area (Å²) in [5, 5.41) is 26.0. The number of alkyl carbamates (subject to hydrolysis) is 1. The Balaban J connectivity index is 1.76. The Labute approximate surface area is 285 Å². The van der Waals surface area contributed by atoms with Crippen molar-refractivity contribution >= 4 is 23.9 Å². The van der Waals surface area contributed by atoms with Crippen LogP contribution >= 0.6 is 11.9 Å². The summed E-state index contributed by atoms with van der Waals surface area (Å²) in [6.07, 6.45) is 2.61. The van der Waals surface area contributed by atoms with Crippen LogP contribution in [0.5, 0.6) is 0 Å². The number of carbonyl (C=O) groups excluding carboxylic acids is 2. The van der Waals surface area contributed by atoms with Gasteiger partial charge in [0.25, 0.3) is 0 Å². The van der Waals surface area contributed by atoms with Gasteiger partial charge in [-0.05, 0) is 78.3 Å². The van der Waals surface area contributed by atoms with E-state index >= 15 is 0 Å². The molecule has 0 aliphatic heterocycles. The molecule has 0 spiro atoms. The lowest BCUT2D eigenvalue weighted by molar-refractivity contribution is -0.124. The number of rotatable bonds is 19. The predicted octanol–water partition coefficient (Wildman–Crippen LogP) is 6.76. The molecule has 47 heavy (non-hydrogen) atoms. The highest BCUT2D eigenvalue weighted by Crippen LogP contribution is 2.30. The molecule has 3 unspecified atom stereocenters. The van der Waals surface area contributed by atoms with Crippen LogP contribution in [0, 0.1) is 11.8 Å². The average molecular weight is 664 g/mol. The normalized spacial score (nSPS) is 13.5. The van der Waals surface area contributed by atoms with E-state index in [9.17, 15) is 19.8 Å². The molecular formula is C38H53N3O5S. The van der Waals surface area contributed by atoms with E-state index in [-0.39, 0.29) is 37.1 Å². The fourth-order valence-corrected chi connectivity index (χ4v) is 6.65. The summed E-state index contributed by atoms with van der Waals surface area (Å²) in [4.78, 5) is 27.7. The molecule has 3 atom stereocenters. The first-order valence-corrected chi connectivity index (χ1v) is 17.4. The van der Waals surface area contributed by atoms with Crippen molar-refractivity contribution in [2.45, 2.75) is 88.9 Å². The number of nitrogens with one attached hydrogen (secondary N) is 2. The van der Waals surface area contributed by atoms with E-state index in [2.05, 4.69) is 42.6 Å². The minimum absolute atomic E-state index is 0.00744. The standard InChI is InChI=1S/C38H53N3O5S/c1-27(2)23-24-41(47-33-21-19-29(25-42)20-22-33)32(26-43)17-12-18-34(28(3)4)39-37(44)36(40-38(45)46-5)35(30-13-8-6-9-14-30)31-15-10-7-11-16-31/h6-11,13-16,19-22,27-28,32,34-36,42-43H,12,17-18,23-26H2,1-5H3,(H,39,44)(H,40,45). The molecule has 256 valence electrons. The number of benzene rings is 3. The Hall–Kier alpha value is -3.37. The molecule has 0 bridgehead atoms. The predicted molar refractivity (Wildman–Crippen MR) is 190 cm³/mol. The number of ether oxygens (including phenoxy) is 1. The number of hydrogen-bond acceptors (Lipinski definition) is 7. The van der Waals surface area contributed by atoms with E-state index in [0.717, 1.165) is 53.8 Å². The summed E-state index contributed by atoms with van der Waals surface area (Å²) < 4.78 is 7.22. The number of nitrogens with zero attached hydrogens (tertiary/aromatic N) is 1. The third kappa shape index (κ3) is 12.3. The molecule has 0 aromatic heterocycles. The first kappa shape index (κ1) is 38.1. The average Bonchev–Trinajstić information content (AvgIpc) is 3.08. The Morgan fingerprint density at radius 3 is 1.89 bits per heavy atom. The molecule has 0 saturated carbocycles. The van der Waals surface area contributed by atoms with E-state index in [1.807, 2.05) is 84.9 Å². The van der Waals surface area contributed by atoms with Gasteiger partial charge in [-0.3, -0.25) is 4.79 Å². The second-order valence-electron chi connectivity index (χ2n) is 12.8. The molecule has 8 nitrogen and oxygen atoms in total. The summed E-state index contributed by atoms with van der Waals surface area (Å²) in [5.74, 6) is -0.0300. The zero-order valence-electron chi connectivity index (χ0n) is 28.5. The molecule has 3 aromatic carbocycles. The molecule has 9 heteroatoms. The first-order valence-electron chi connectivity index (χ1n) is 16.7. The third-order valence-electron chi connectivity index (χ3n) is 8.45. The number of amides is 2. The second-order valence-corrected chi connectivity index (χ2v) is 13.9. The number of carbonyl (C=O) groups is 2. The van der Waals surface area contributed by atoms with Gasteiger partial charge in [-0.25, -0.2) is 9.10 Å². The monoisotopic (exact) mass is 663 g/mol. The maximum atomic E-state index is 14.1. The van der Waals surface area contributed by atoms with Crippen molar-refractivity contribution in [3.63, 3.8) is 0 Å². The second kappa shape index (κ2) is 20.1. The van der Waals surface area contributed by atoms with Gasteiger partial charge in [0.1, 0.15) is 6.04 Å². The van der Waals surface area contributed by atoms with Gasteiger partial charge < -0.3 is 25.6 Å². The Morgan fingerprint density at radius 2 is 1.40 bits per heavy atom. The Kier molecular flexibility index (Phi) is 16.3. The van der Waals surface area contributed by atoms with E-state index in [1.165, 1.54) is 7.11 Å². The molecule has 3 rings (SSSR count). The van der Waals surface area contributed by atoms with Gasteiger partial charge in [0, 0.05) is 29.4 Å². The van der Waals surface area contributed by atoms with Gasteiger partial charge in [0.15, 0.2) is 0 Å². The van der Waals surface area contributed by atoms with Crippen LogP contribution in [0.15, 0.2) is 89.8 Å². The van der Waals surface area contributed by atoms with Gasteiger partial charge in [0.2, 0.25) is 5.91 Å². The van der Waals surface area contributed by atoms with Crippen LogP contribution in [-0.4, -0.2) is 64.9 Å². The smallest absolute Gasteiger partial charge is 0.407 e. The molecule has 3 aromatic rings. The van der Waals surface area contributed by atoms with Crippen molar-refractivity contribution in [2.75, 3.05) is 20.3 Å². The van der Waals surface area contributed by atoms with E-state index in [4.69, 9.17) is 4.74 Å². The van der Waals surface area contributed by atoms with Crippen LogP contribution in [-0.2, 0) is 16.1 Å². The highest BCUT2D eigenvalue weighted by Gasteiger charge is 2.34. The fourth-order valence-electron chi connectivity index (χ4n) is 5.61. The van der Waals surface area contributed by atoms with Crippen LogP contribution < -0.4 is 10.6 Å². The van der Waals surface area contributed by atoms with Crippen LogP contribution in [0.2, 0.25) is 0 Å². The fraction of sp³-hybridized carbons (Fsp3) is 0.474. The SMILES string of the molecule is COC(=O)NC(C(=O)NC(CCCC(CO)N(CCC(C)C)Sc1ccc(CO)cc1)C(C)C)C(c1ccccc1)c1ccccc1. The topological polar surface area (TPSA) is 111 Å². The quantitative estimate of drug-likeness (QED) is 0.105. The van der Waals surface area contributed by atoms with Crippen molar-refractivity contribution in [3.05, 3.63) is 102 Å². The lowest BCUT2D eigenvalue weighted by atomic mass is 9.84. The van der Waals surface area contributed by atoms with Crippen molar-refractivity contribution in [1.82, 2.24) is 14.9 Å². The molecule has 0 aliphatic carbocycles. The van der Waals surface area contributed by atoms with Gasteiger partial charge in [0.05, 0.1) is 20.3 Å². The van der Waals surface area contributed by atoms with Gasteiger partial charge >= 0.3 is 6.09 Å². The Morgan fingerprint density at radius 1 is 0.809 bits per heavy atom. The van der Waals surface area contributed by atoms with Gasteiger partial charge in [-0.15, -0.1) is 0 Å². The summed E-state index contributed by atoms with van der Waals surface area (Å²) in [7, 11) is 1.30. The summed E-state index contributed by atoms with van der Waals surface area (Å²) in [6, 6.07) is 26.2. The molecule has 0 fully saturated rings. The van der Waals surface area contributed by atoms with Crippen LogP contribution in [0.4, 0.5) is 4.79 Å². The van der Waals surface area contributed by atoms with Gasteiger partial charge in [-0.1, -0.05) is 100 Å². The van der Waals surface area contributed by atoms with Crippen molar-refractivity contribution in [3.8, 4) is 0 Å². The third-order valence-corrected chi connectivity index (χ3v) is 9.65. The van der Waals surface area contributed by atoms with E-state index < -0.39 is 18.1 Å². The summed E-state index contributed by atoms with van der Waals surface area (Å²) in [5.41, 5.74) is 2.69. The molecule has 0 saturated heterocycles. The minimum Gasteiger partial charge on any atom is -0.453 e. The minimum atomic E-state index is -0.904. The van der Waals surface area contributed by atoms with Crippen molar-refractivity contribution < 1.29 is 24.5 Å². The molecule has 0 heterocycles. The highest BCUT2D eigenvalue weighted by atomic mass is 32.2. The highest BCUT2D eigenvalue weighted by molar-refractivity contribution is 7.97. The molecule has 4 N–H and O–H groups in total. The molecule has 0 radical (unpaired) electrons. The first-order chi connectivity index (χ1) is 22.7. The van der Waals surface area contributed by atoms with Crippen LogP contribution in [0.1, 0.15) is 76.0 Å². The lowest BCUT2D eigenvalue weighted by Gasteiger charge is -2.32. The molecular weight excluding hydrogens is 611 g/mol. The molecule has 2 amide bonds. The Bertz CT molecular complexity index is 1280. The van der Waals surface area contributed by atoms with Crippen LogP contribution in [0.3, 0.4) is 0 Å². The zero-order valence-corrected chi connectivity index (χ0v) is 29.3. The number of aliphatic hydroxyl groups excluding tert-OH is 2. The van der Waals surface area contributed by atoms with E-state index in [0.29, 0.717) is 5.92 Å². The maximum Gasteiger partial charge on any atom is 0.407 e. The van der Waals surface area contributed by atoms with E-state index in [1.54, 1.807) is 11.9 Å². The lowest BCUT2D eigenvalue weighted by Crippen LogP contribution is -2.53. The number of hydrogen-bond donors (Lipinski definition) is 4. The maximum absolute atomic E-state index is 14.1. The van der Waals surface area contributed by atoms with Gasteiger partial charge in [-0.2, -0.15) is 0 Å². The summed E-state index contributed by atoms with van der Waals surface area (Å²) in [6.45, 7) is 9.44.